The summed E-state index contributed by atoms with van der Waals surface area (Å²) in [7, 11) is 3.26. The second kappa shape index (κ2) is 2.81. The highest BCUT2D eigenvalue weighted by Gasteiger charge is 2.20. The highest BCUT2D eigenvalue weighted by Crippen LogP contribution is 2.52. The Morgan fingerprint density at radius 3 is 3.00 bits per heavy atom. The van der Waals surface area contributed by atoms with Crippen molar-refractivity contribution >= 4 is 39.2 Å². The number of aryl methyl sites for hydroxylation is 1. The highest BCUT2D eigenvalue weighted by molar-refractivity contribution is 8.78. The van der Waals surface area contributed by atoms with E-state index in [9.17, 15) is 0 Å². The molecule has 0 amide bonds. The fourth-order valence-electron chi connectivity index (χ4n) is 1.03. The van der Waals surface area contributed by atoms with Crippen molar-refractivity contribution in [1.82, 2.24) is 0 Å². The molecular weight excluding hydrogens is 198 g/mol. The van der Waals surface area contributed by atoms with E-state index in [1.165, 1.54) is 10.5 Å². The van der Waals surface area contributed by atoms with E-state index in [0.717, 1.165) is 5.69 Å². The Kier molecular flexibility index (Phi) is 1.95. The lowest BCUT2D eigenvalue weighted by Gasteiger charge is -2.07. The lowest BCUT2D eigenvalue weighted by atomic mass is 10.2. The van der Waals surface area contributed by atoms with Gasteiger partial charge in [-0.1, -0.05) is 12.1 Å². The Hall–Kier alpha value is 0.0100. The monoisotopic (exact) mass is 203 g/mol. The van der Waals surface area contributed by atoms with E-state index in [1.54, 1.807) is 25.6 Å². The zero-order valence-electron chi connectivity index (χ0n) is 5.87. The minimum Gasteiger partial charge on any atom is -0.215 e. The van der Waals surface area contributed by atoms with Crippen LogP contribution in [0.1, 0.15) is 5.56 Å². The molecule has 0 N–H and O–H groups in total. The van der Waals surface area contributed by atoms with Gasteiger partial charge < -0.3 is 0 Å². The molecule has 2 rings (SSSR count). The van der Waals surface area contributed by atoms with E-state index in [0.29, 0.717) is 0 Å². The summed E-state index contributed by atoms with van der Waals surface area (Å²) in [5, 5.41) is 0. The Bertz CT molecular complexity index is 290. The van der Waals surface area contributed by atoms with E-state index in [4.69, 9.17) is 11.8 Å². The number of rotatable bonds is 0. The molecule has 0 saturated carbocycles. The topological polar surface area (TPSA) is 3.24 Å². The predicted octanol–water partition coefficient (Wildman–Crippen LogP) is 3.62. The van der Waals surface area contributed by atoms with Crippen LogP contribution >= 0.6 is 33.6 Å². The highest BCUT2D eigenvalue weighted by atomic mass is 35.5. The summed E-state index contributed by atoms with van der Waals surface area (Å²) in [4.78, 5) is 1.25. The van der Waals surface area contributed by atoms with Crippen LogP contribution in [-0.4, -0.2) is 0 Å². The van der Waals surface area contributed by atoms with Crippen LogP contribution in [0, 0.1) is 6.92 Å². The quantitative estimate of drug-likeness (QED) is 0.360. The van der Waals surface area contributed by atoms with Crippen molar-refractivity contribution in [2.75, 3.05) is 3.82 Å². The van der Waals surface area contributed by atoms with E-state index < -0.39 is 0 Å². The summed E-state index contributed by atoms with van der Waals surface area (Å²) >= 11 is 5.92. The molecule has 1 heterocycles. The maximum Gasteiger partial charge on any atom is 0.0834 e. The standard InChI is InChI=1S/C7H6ClNS2/c1-5-3-2-4-6-7(5)9(8)11-10-6/h2-4H,1H3. The van der Waals surface area contributed by atoms with Gasteiger partial charge in [0.1, 0.15) is 0 Å². The van der Waals surface area contributed by atoms with Gasteiger partial charge in [0.15, 0.2) is 0 Å². The van der Waals surface area contributed by atoms with Crippen LogP contribution in [0.2, 0.25) is 0 Å². The van der Waals surface area contributed by atoms with E-state index in [-0.39, 0.29) is 0 Å². The number of para-hydroxylation sites is 1. The molecule has 1 aliphatic rings. The molecule has 1 nitrogen and oxygen atoms in total. The van der Waals surface area contributed by atoms with Gasteiger partial charge >= 0.3 is 0 Å². The zero-order chi connectivity index (χ0) is 7.84. The molecule has 1 aliphatic heterocycles. The molecule has 58 valence electrons. The number of anilines is 1. The van der Waals surface area contributed by atoms with Crippen LogP contribution < -0.4 is 3.82 Å². The Balaban J connectivity index is 2.58. The molecule has 1 aromatic rings. The van der Waals surface area contributed by atoms with Gasteiger partial charge in [0, 0.05) is 27.7 Å². The zero-order valence-corrected chi connectivity index (χ0v) is 8.26. The third-order valence-electron chi connectivity index (χ3n) is 1.57. The summed E-state index contributed by atoms with van der Waals surface area (Å²) < 4.78 is 1.69. The number of benzene rings is 1. The van der Waals surface area contributed by atoms with E-state index in [1.807, 2.05) is 0 Å². The minimum absolute atomic E-state index is 1.14. The lowest BCUT2D eigenvalue weighted by molar-refractivity contribution is 1.35. The maximum absolute atomic E-state index is 5.92. The fourth-order valence-corrected chi connectivity index (χ4v) is 3.61. The Labute approximate surface area is 78.7 Å². The molecule has 4 heteroatoms. The van der Waals surface area contributed by atoms with E-state index in [2.05, 4.69) is 25.1 Å². The summed E-state index contributed by atoms with van der Waals surface area (Å²) in [5.41, 5.74) is 2.37. The normalized spacial score (nSPS) is 15.3. The molecule has 0 bridgehead atoms. The van der Waals surface area contributed by atoms with Gasteiger partial charge in [0.2, 0.25) is 0 Å². The first-order valence-corrected chi connectivity index (χ1v) is 5.63. The molecule has 0 aromatic heterocycles. The summed E-state index contributed by atoms with van der Waals surface area (Å²) in [6, 6.07) is 6.21. The van der Waals surface area contributed by atoms with Crippen molar-refractivity contribution in [3.05, 3.63) is 23.8 Å². The summed E-state index contributed by atoms with van der Waals surface area (Å²) in [5.74, 6) is 0. The Morgan fingerprint density at radius 2 is 2.27 bits per heavy atom. The minimum atomic E-state index is 1.14. The smallest absolute Gasteiger partial charge is 0.0834 e. The van der Waals surface area contributed by atoms with Crippen LogP contribution in [0.15, 0.2) is 23.1 Å². The molecule has 11 heavy (non-hydrogen) atoms. The van der Waals surface area contributed by atoms with E-state index >= 15 is 0 Å². The fraction of sp³-hybridized carbons (Fsp3) is 0.143. The molecule has 0 saturated heterocycles. The molecule has 1 aromatic carbocycles. The first-order valence-electron chi connectivity index (χ1n) is 3.19. The Morgan fingerprint density at radius 1 is 1.45 bits per heavy atom. The number of hydrogen-bond acceptors (Lipinski definition) is 3. The van der Waals surface area contributed by atoms with Gasteiger partial charge in [0.05, 0.1) is 5.69 Å². The maximum atomic E-state index is 5.92. The average Bonchev–Trinajstić information content (AvgIpc) is 2.34. The molecule has 0 unspecified atom stereocenters. The van der Waals surface area contributed by atoms with Crippen molar-refractivity contribution in [3.63, 3.8) is 0 Å². The van der Waals surface area contributed by atoms with Gasteiger partial charge in [-0.3, -0.25) is 0 Å². The first kappa shape index (κ1) is 7.65. The van der Waals surface area contributed by atoms with Crippen molar-refractivity contribution < 1.29 is 0 Å². The van der Waals surface area contributed by atoms with Crippen molar-refractivity contribution in [2.45, 2.75) is 11.8 Å². The molecule has 0 atom stereocenters. The van der Waals surface area contributed by atoms with Crippen molar-refractivity contribution in [2.24, 2.45) is 0 Å². The van der Waals surface area contributed by atoms with Gasteiger partial charge in [-0.05, 0) is 29.3 Å². The van der Waals surface area contributed by atoms with Crippen molar-refractivity contribution in [3.8, 4) is 0 Å². The van der Waals surface area contributed by atoms with Gasteiger partial charge in [-0.15, -0.1) is 0 Å². The van der Waals surface area contributed by atoms with Crippen LogP contribution in [-0.2, 0) is 0 Å². The number of nitrogens with zero attached hydrogens (tertiary/aromatic N) is 1. The van der Waals surface area contributed by atoms with Crippen LogP contribution in [0.5, 0.6) is 0 Å². The molecule has 0 fully saturated rings. The molecule has 0 spiro atoms. The second-order valence-electron chi connectivity index (χ2n) is 2.32. The van der Waals surface area contributed by atoms with Gasteiger partial charge in [-0.2, -0.15) is 0 Å². The second-order valence-corrected chi connectivity index (χ2v) is 4.93. The SMILES string of the molecule is Cc1cccc2c1N(Cl)SS2. The molecular formula is C7H6ClNS2. The van der Waals surface area contributed by atoms with Gasteiger partial charge in [-0.25, -0.2) is 3.82 Å². The van der Waals surface area contributed by atoms with Gasteiger partial charge in [0.25, 0.3) is 0 Å². The van der Waals surface area contributed by atoms with Crippen LogP contribution in [0.3, 0.4) is 0 Å². The third-order valence-corrected chi connectivity index (χ3v) is 4.30. The van der Waals surface area contributed by atoms with Crippen LogP contribution in [0.25, 0.3) is 0 Å². The summed E-state index contributed by atoms with van der Waals surface area (Å²) in [6.07, 6.45) is 0. The molecule has 0 radical (unpaired) electrons. The number of hydrogen-bond donors (Lipinski definition) is 0. The number of fused-ring (bicyclic) bond motifs is 1. The first-order chi connectivity index (χ1) is 5.29. The van der Waals surface area contributed by atoms with Crippen LogP contribution in [0.4, 0.5) is 5.69 Å². The van der Waals surface area contributed by atoms with Crippen molar-refractivity contribution in [1.29, 1.82) is 0 Å². The third kappa shape index (κ3) is 1.21. The predicted molar refractivity (Wildman–Crippen MR) is 53.0 cm³/mol. The largest absolute Gasteiger partial charge is 0.215 e. The average molecular weight is 204 g/mol. The summed E-state index contributed by atoms with van der Waals surface area (Å²) in [6.45, 7) is 2.07. The molecule has 0 aliphatic carbocycles. The lowest BCUT2D eigenvalue weighted by Crippen LogP contribution is -1.93. The number of halogens is 1.